The molecular formula is C12H18N2O3. The molecule has 1 fully saturated rings. The van der Waals surface area contributed by atoms with Crippen LogP contribution < -0.4 is 4.90 Å². The van der Waals surface area contributed by atoms with Gasteiger partial charge in [-0.15, -0.1) is 0 Å². The molecule has 2 unspecified atom stereocenters. The minimum atomic E-state index is 0.0225. The Morgan fingerprint density at radius 2 is 1.94 bits per heavy atom. The van der Waals surface area contributed by atoms with Crippen LogP contribution in [0.5, 0.6) is 0 Å². The van der Waals surface area contributed by atoms with Gasteiger partial charge in [0.1, 0.15) is 18.0 Å². The molecule has 1 aromatic rings. The quantitative estimate of drug-likeness (QED) is 0.824. The van der Waals surface area contributed by atoms with E-state index in [4.69, 9.17) is 14.6 Å². The van der Waals surface area contributed by atoms with Crippen LogP contribution in [0.3, 0.4) is 0 Å². The maximum absolute atomic E-state index is 8.96. The Morgan fingerprint density at radius 3 is 2.35 bits per heavy atom. The molecule has 0 bridgehead atoms. The van der Waals surface area contributed by atoms with Crippen LogP contribution in [0.15, 0.2) is 18.3 Å². The highest BCUT2D eigenvalue weighted by Crippen LogP contribution is 2.21. The smallest absolute Gasteiger partial charge is 0.128 e. The Morgan fingerprint density at radius 1 is 1.29 bits per heavy atom. The van der Waals surface area contributed by atoms with Crippen LogP contribution in [0.4, 0.5) is 5.82 Å². The van der Waals surface area contributed by atoms with Crippen molar-refractivity contribution in [3.8, 4) is 0 Å². The number of ether oxygens (including phenoxy) is 2. The molecule has 1 saturated heterocycles. The second kappa shape index (κ2) is 5.44. The summed E-state index contributed by atoms with van der Waals surface area (Å²) in [4.78, 5) is 6.45. The number of hydrogen-bond acceptors (Lipinski definition) is 5. The van der Waals surface area contributed by atoms with E-state index in [2.05, 4.69) is 9.88 Å². The van der Waals surface area contributed by atoms with Crippen LogP contribution in [0, 0.1) is 0 Å². The average Bonchev–Trinajstić information content (AvgIpc) is 2.82. The fourth-order valence-electron chi connectivity index (χ4n) is 2.08. The van der Waals surface area contributed by atoms with Gasteiger partial charge in [-0.3, -0.25) is 0 Å². The fraction of sp³-hybridized carbons (Fsp3) is 0.583. The number of aromatic nitrogens is 1. The molecule has 5 nitrogen and oxygen atoms in total. The van der Waals surface area contributed by atoms with Crippen molar-refractivity contribution >= 4 is 5.82 Å². The number of rotatable bonds is 4. The van der Waals surface area contributed by atoms with Gasteiger partial charge in [0.25, 0.3) is 0 Å². The summed E-state index contributed by atoms with van der Waals surface area (Å²) in [5, 5.41) is 8.96. The number of hydrogen-bond donors (Lipinski definition) is 1. The number of aliphatic hydroxyl groups excluding tert-OH is 1. The third-order valence-electron chi connectivity index (χ3n) is 3.14. The molecule has 0 amide bonds. The van der Waals surface area contributed by atoms with Gasteiger partial charge in [-0.05, 0) is 11.6 Å². The standard InChI is InChI=1S/C12H18N2O3/c1-16-10-6-14(7-11(10)17-2)12-4-3-9(8-15)5-13-12/h3-5,10-11,15H,6-8H2,1-2H3. The van der Waals surface area contributed by atoms with Crippen molar-refractivity contribution in [2.75, 3.05) is 32.2 Å². The molecule has 0 radical (unpaired) electrons. The molecule has 17 heavy (non-hydrogen) atoms. The second-order valence-electron chi connectivity index (χ2n) is 4.14. The van der Waals surface area contributed by atoms with Crippen LogP contribution in [0.1, 0.15) is 5.56 Å². The van der Waals surface area contributed by atoms with Gasteiger partial charge in [-0.25, -0.2) is 4.98 Å². The van der Waals surface area contributed by atoms with E-state index in [0.29, 0.717) is 0 Å². The van der Waals surface area contributed by atoms with Crippen molar-refractivity contribution in [3.63, 3.8) is 0 Å². The lowest BCUT2D eigenvalue weighted by molar-refractivity contribution is -0.00461. The number of methoxy groups -OCH3 is 2. The van der Waals surface area contributed by atoms with E-state index in [1.165, 1.54) is 0 Å². The minimum absolute atomic E-state index is 0.0225. The summed E-state index contributed by atoms with van der Waals surface area (Å²) in [6.07, 6.45) is 1.86. The first-order valence-electron chi connectivity index (χ1n) is 5.64. The Bertz CT molecular complexity index is 343. The highest BCUT2D eigenvalue weighted by molar-refractivity contribution is 5.41. The Labute approximate surface area is 101 Å². The molecule has 1 aromatic heterocycles. The molecular weight excluding hydrogens is 220 g/mol. The number of anilines is 1. The Kier molecular flexibility index (Phi) is 3.93. The molecule has 0 aromatic carbocycles. The third-order valence-corrected chi connectivity index (χ3v) is 3.14. The van der Waals surface area contributed by atoms with E-state index in [-0.39, 0.29) is 18.8 Å². The molecule has 0 saturated carbocycles. The van der Waals surface area contributed by atoms with Crippen LogP contribution in [-0.4, -0.2) is 49.6 Å². The summed E-state index contributed by atoms with van der Waals surface area (Å²) in [5.41, 5.74) is 0.819. The van der Waals surface area contributed by atoms with Gasteiger partial charge in [0, 0.05) is 33.5 Å². The van der Waals surface area contributed by atoms with Crippen molar-refractivity contribution in [2.24, 2.45) is 0 Å². The predicted octanol–water partition coefficient (Wildman–Crippen LogP) is 0.424. The van der Waals surface area contributed by atoms with Gasteiger partial charge in [0.15, 0.2) is 0 Å². The van der Waals surface area contributed by atoms with Gasteiger partial charge < -0.3 is 19.5 Å². The number of pyridine rings is 1. The van der Waals surface area contributed by atoms with Gasteiger partial charge in [-0.2, -0.15) is 0 Å². The normalized spacial score (nSPS) is 24.3. The summed E-state index contributed by atoms with van der Waals surface area (Å²) >= 11 is 0. The van der Waals surface area contributed by atoms with E-state index in [1.54, 1.807) is 20.4 Å². The number of aliphatic hydroxyl groups is 1. The average molecular weight is 238 g/mol. The maximum Gasteiger partial charge on any atom is 0.128 e. The molecule has 1 aliphatic heterocycles. The summed E-state index contributed by atoms with van der Waals surface area (Å²) in [5.74, 6) is 0.892. The van der Waals surface area contributed by atoms with E-state index < -0.39 is 0 Å². The first-order chi connectivity index (χ1) is 8.28. The summed E-state index contributed by atoms with van der Waals surface area (Å²) in [6, 6.07) is 3.79. The monoisotopic (exact) mass is 238 g/mol. The zero-order valence-corrected chi connectivity index (χ0v) is 10.2. The first-order valence-corrected chi connectivity index (χ1v) is 5.64. The van der Waals surface area contributed by atoms with E-state index in [0.717, 1.165) is 24.5 Å². The molecule has 94 valence electrons. The van der Waals surface area contributed by atoms with Gasteiger partial charge in [-0.1, -0.05) is 6.07 Å². The lowest BCUT2D eigenvalue weighted by Gasteiger charge is -2.16. The van der Waals surface area contributed by atoms with E-state index in [1.807, 2.05) is 12.1 Å². The van der Waals surface area contributed by atoms with Gasteiger partial charge >= 0.3 is 0 Å². The summed E-state index contributed by atoms with van der Waals surface area (Å²) in [6.45, 7) is 1.58. The molecule has 0 spiro atoms. The number of nitrogens with zero attached hydrogens (tertiary/aromatic N) is 2. The van der Waals surface area contributed by atoms with Crippen molar-refractivity contribution in [1.29, 1.82) is 0 Å². The molecule has 5 heteroatoms. The molecule has 1 aliphatic rings. The van der Waals surface area contributed by atoms with Crippen molar-refractivity contribution in [1.82, 2.24) is 4.98 Å². The zero-order chi connectivity index (χ0) is 12.3. The summed E-state index contributed by atoms with van der Waals surface area (Å²) < 4.78 is 10.8. The van der Waals surface area contributed by atoms with E-state index >= 15 is 0 Å². The van der Waals surface area contributed by atoms with Gasteiger partial charge in [0.2, 0.25) is 0 Å². The lowest BCUT2D eigenvalue weighted by atomic mass is 10.3. The maximum atomic E-state index is 8.96. The molecule has 0 aliphatic carbocycles. The second-order valence-corrected chi connectivity index (χ2v) is 4.14. The molecule has 2 heterocycles. The Balaban J connectivity index is 2.07. The highest BCUT2D eigenvalue weighted by Gasteiger charge is 2.33. The van der Waals surface area contributed by atoms with Crippen molar-refractivity contribution < 1.29 is 14.6 Å². The molecule has 2 rings (SSSR count). The lowest BCUT2D eigenvalue weighted by Crippen LogP contribution is -2.27. The minimum Gasteiger partial charge on any atom is -0.392 e. The highest BCUT2D eigenvalue weighted by atomic mass is 16.5. The van der Waals surface area contributed by atoms with Crippen LogP contribution in [0.25, 0.3) is 0 Å². The predicted molar refractivity (Wildman–Crippen MR) is 64.0 cm³/mol. The van der Waals surface area contributed by atoms with Crippen molar-refractivity contribution in [2.45, 2.75) is 18.8 Å². The molecule has 1 N–H and O–H groups in total. The fourth-order valence-corrected chi connectivity index (χ4v) is 2.08. The van der Waals surface area contributed by atoms with Crippen LogP contribution >= 0.6 is 0 Å². The van der Waals surface area contributed by atoms with Gasteiger partial charge in [0.05, 0.1) is 6.61 Å². The largest absolute Gasteiger partial charge is 0.392 e. The summed E-state index contributed by atoms with van der Waals surface area (Å²) in [7, 11) is 3.39. The van der Waals surface area contributed by atoms with E-state index in [9.17, 15) is 0 Å². The van der Waals surface area contributed by atoms with Crippen molar-refractivity contribution in [3.05, 3.63) is 23.9 Å². The van der Waals surface area contributed by atoms with Crippen LogP contribution in [0.2, 0.25) is 0 Å². The Hall–Kier alpha value is -1.17. The van der Waals surface area contributed by atoms with Crippen LogP contribution in [-0.2, 0) is 16.1 Å². The topological polar surface area (TPSA) is 54.8 Å². The third kappa shape index (κ3) is 2.57. The first kappa shape index (κ1) is 12.3. The molecule has 2 atom stereocenters. The zero-order valence-electron chi connectivity index (χ0n) is 10.2. The SMILES string of the molecule is COC1CN(c2ccc(CO)cn2)CC1OC.